The smallest absolute Gasteiger partial charge is 0.186 e. The Balaban J connectivity index is 2.47. The molecule has 1 aromatic carbocycles. The molecule has 0 heterocycles. The van der Waals surface area contributed by atoms with Crippen LogP contribution < -0.4 is 5.32 Å². The Bertz CT molecular complexity index is 303. The molecule has 2 heteroatoms. The highest BCUT2D eigenvalue weighted by molar-refractivity contribution is 5.14. The zero-order valence-electron chi connectivity index (χ0n) is 8.36. The normalized spacial score (nSPS) is 10.8. The molecule has 0 fully saturated rings. The van der Waals surface area contributed by atoms with Crippen molar-refractivity contribution in [3.05, 3.63) is 60.5 Å². The maximum atomic E-state index is 5.50. The maximum absolute atomic E-state index is 5.50. The van der Waals surface area contributed by atoms with Crippen LogP contribution in [0, 0.1) is 0 Å². The Morgan fingerprint density at radius 2 is 2.14 bits per heavy atom. The van der Waals surface area contributed by atoms with E-state index in [4.69, 9.17) is 4.74 Å². The summed E-state index contributed by atoms with van der Waals surface area (Å²) in [5, 5.41) is 2.94. The summed E-state index contributed by atoms with van der Waals surface area (Å²) in [7, 11) is 1.82. The number of rotatable bonds is 5. The summed E-state index contributed by atoms with van der Waals surface area (Å²) < 4.78 is 5.50. The number of nitrogens with one attached hydrogen (secondary N) is 1. The first-order valence-corrected chi connectivity index (χ1v) is 4.54. The topological polar surface area (TPSA) is 21.3 Å². The highest BCUT2D eigenvalue weighted by Crippen LogP contribution is 2.03. The Morgan fingerprint density at radius 1 is 1.43 bits per heavy atom. The lowest BCUT2D eigenvalue weighted by molar-refractivity contribution is 0.182. The molecule has 1 rings (SSSR count). The predicted octanol–water partition coefficient (Wildman–Crippen LogP) is 2.45. The van der Waals surface area contributed by atoms with Crippen molar-refractivity contribution < 1.29 is 4.74 Å². The van der Waals surface area contributed by atoms with Gasteiger partial charge in [0.15, 0.2) is 5.88 Å². The zero-order chi connectivity index (χ0) is 10.2. The number of ether oxygens (including phenoxy) is 1. The molecule has 14 heavy (non-hydrogen) atoms. The van der Waals surface area contributed by atoms with Crippen LogP contribution in [0.3, 0.4) is 0 Å². The zero-order valence-corrected chi connectivity index (χ0v) is 8.36. The molecule has 1 N–H and O–H groups in total. The molecule has 0 aliphatic heterocycles. The second-order valence-electron chi connectivity index (χ2n) is 2.79. The van der Waals surface area contributed by atoms with E-state index in [1.165, 1.54) is 0 Å². The standard InChI is InChI=1S/C12H15NO/c1-3-7-12(13-2)14-10-11-8-5-4-6-9-11/h3-9,13H,1,10H2,2H3/b12-7+. The molecule has 0 aliphatic rings. The average Bonchev–Trinajstić information content (AvgIpc) is 2.25. The molecule has 1 aromatic rings. The first-order chi connectivity index (χ1) is 6.86. The molecule has 0 atom stereocenters. The molecule has 0 aromatic heterocycles. The van der Waals surface area contributed by atoms with Gasteiger partial charge in [-0.15, -0.1) is 0 Å². The predicted molar refractivity (Wildman–Crippen MR) is 58.6 cm³/mol. The summed E-state index contributed by atoms with van der Waals surface area (Å²) in [6, 6.07) is 10.0. The van der Waals surface area contributed by atoms with Gasteiger partial charge in [-0.3, -0.25) is 0 Å². The maximum Gasteiger partial charge on any atom is 0.186 e. The summed E-state index contributed by atoms with van der Waals surface area (Å²) in [6.45, 7) is 4.18. The van der Waals surface area contributed by atoms with Crippen molar-refractivity contribution in [3.63, 3.8) is 0 Å². The summed E-state index contributed by atoms with van der Waals surface area (Å²) in [6.07, 6.45) is 3.49. The van der Waals surface area contributed by atoms with Crippen molar-refractivity contribution in [2.45, 2.75) is 6.61 Å². The van der Waals surface area contributed by atoms with Crippen molar-refractivity contribution in [1.82, 2.24) is 5.32 Å². The van der Waals surface area contributed by atoms with E-state index in [2.05, 4.69) is 11.9 Å². The van der Waals surface area contributed by atoms with Gasteiger partial charge in [-0.25, -0.2) is 0 Å². The van der Waals surface area contributed by atoms with E-state index in [1.54, 1.807) is 12.2 Å². The molecule has 0 saturated carbocycles. The van der Waals surface area contributed by atoms with Gasteiger partial charge in [0.05, 0.1) is 0 Å². The van der Waals surface area contributed by atoms with E-state index < -0.39 is 0 Å². The first kappa shape index (κ1) is 10.4. The van der Waals surface area contributed by atoms with Crippen LogP contribution in [0.25, 0.3) is 0 Å². The number of hydrogen-bond donors (Lipinski definition) is 1. The number of benzene rings is 1. The molecule has 2 nitrogen and oxygen atoms in total. The second kappa shape index (κ2) is 5.86. The Labute approximate surface area is 84.9 Å². The Morgan fingerprint density at radius 3 is 2.71 bits per heavy atom. The minimum absolute atomic E-state index is 0.571. The SMILES string of the molecule is C=C/C=C(\NC)OCc1ccccc1. The lowest BCUT2D eigenvalue weighted by Crippen LogP contribution is -2.09. The Kier molecular flexibility index (Phi) is 4.35. The van der Waals surface area contributed by atoms with Crippen LogP contribution in [0.2, 0.25) is 0 Å². The molecule has 0 aliphatic carbocycles. The van der Waals surface area contributed by atoms with Gasteiger partial charge in [-0.1, -0.05) is 43.0 Å². The second-order valence-corrected chi connectivity index (χ2v) is 2.79. The van der Waals surface area contributed by atoms with Crippen LogP contribution in [0.1, 0.15) is 5.56 Å². The third-order valence-electron chi connectivity index (χ3n) is 1.75. The number of hydrogen-bond acceptors (Lipinski definition) is 2. The van der Waals surface area contributed by atoms with Gasteiger partial charge in [0.2, 0.25) is 0 Å². The largest absolute Gasteiger partial charge is 0.474 e. The van der Waals surface area contributed by atoms with Gasteiger partial charge in [0.1, 0.15) is 6.61 Å². The van der Waals surface area contributed by atoms with E-state index in [1.807, 2.05) is 37.4 Å². The lowest BCUT2D eigenvalue weighted by atomic mass is 10.2. The van der Waals surface area contributed by atoms with Crippen LogP contribution in [0.15, 0.2) is 54.9 Å². The fraction of sp³-hybridized carbons (Fsp3) is 0.167. The molecule has 0 amide bonds. The van der Waals surface area contributed by atoms with Crippen LogP contribution in [0.4, 0.5) is 0 Å². The van der Waals surface area contributed by atoms with Gasteiger partial charge in [0, 0.05) is 7.05 Å². The van der Waals surface area contributed by atoms with Crippen LogP contribution in [0.5, 0.6) is 0 Å². The van der Waals surface area contributed by atoms with Gasteiger partial charge < -0.3 is 10.1 Å². The fourth-order valence-corrected chi connectivity index (χ4v) is 1.05. The van der Waals surface area contributed by atoms with Crippen molar-refractivity contribution in [3.8, 4) is 0 Å². The van der Waals surface area contributed by atoms with Crippen LogP contribution in [-0.4, -0.2) is 7.05 Å². The van der Waals surface area contributed by atoms with Gasteiger partial charge in [-0.05, 0) is 11.6 Å². The summed E-state index contributed by atoms with van der Waals surface area (Å²) >= 11 is 0. The first-order valence-electron chi connectivity index (χ1n) is 4.54. The fourth-order valence-electron chi connectivity index (χ4n) is 1.05. The summed E-state index contributed by atoms with van der Waals surface area (Å²) in [5.41, 5.74) is 1.15. The van der Waals surface area contributed by atoms with E-state index in [0.717, 1.165) is 11.4 Å². The molecule has 0 radical (unpaired) electrons. The molecular formula is C12H15NO. The monoisotopic (exact) mass is 189 g/mol. The summed E-state index contributed by atoms with van der Waals surface area (Å²) in [4.78, 5) is 0. The summed E-state index contributed by atoms with van der Waals surface area (Å²) in [5.74, 6) is 0.726. The highest BCUT2D eigenvalue weighted by atomic mass is 16.5. The molecule has 0 unspecified atom stereocenters. The van der Waals surface area contributed by atoms with Crippen molar-refractivity contribution in [1.29, 1.82) is 0 Å². The molecule has 0 bridgehead atoms. The van der Waals surface area contributed by atoms with Crippen LogP contribution >= 0.6 is 0 Å². The van der Waals surface area contributed by atoms with E-state index in [9.17, 15) is 0 Å². The van der Waals surface area contributed by atoms with Crippen LogP contribution in [-0.2, 0) is 11.3 Å². The minimum Gasteiger partial charge on any atom is -0.474 e. The molecule has 0 spiro atoms. The molecular weight excluding hydrogens is 174 g/mol. The van der Waals surface area contributed by atoms with Gasteiger partial charge in [-0.2, -0.15) is 0 Å². The quantitative estimate of drug-likeness (QED) is 0.567. The van der Waals surface area contributed by atoms with Gasteiger partial charge in [0.25, 0.3) is 0 Å². The molecule has 74 valence electrons. The van der Waals surface area contributed by atoms with E-state index in [0.29, 0.717) is 6.61 Å². The third-order valence-corrected chi connectivity index (χ3v) is 1.75. The van der Waals surface area contributed by atoms with E-state index >= 15 is 0 Å². The minimum atomic E-state index is 0.571. The van der Waals surface area contributed by atoms with Crippen molar-refractivity contribution >= 4 is 0 Å². The third kappa shape index (κ3) is 3.35. The molecule has 0 saturated heterocycles. The van der Waals surface area contributed by atoms with E-state index in [-0.39, 0.29) is 0 Å². The van der Waals surface area contributed by atoms with Crippen molar-refractivity contribution in [2.75, 3.05) is 7.05 Å². The Hall–Kier alpha value is -1.70. The lowest BCUT2D eigenvalue weighted by Gasteiger charge is -2.08. The van der Waals surface area contributed by atoms with Gasteiger partial charge >= 0.3 is 0 Å². The van der Waals surface area contributed by atoms with Crippen molar-refractivity contribution in [2.24, 2.45) is 0 Å². The number of allylic oxidation sites excluding steroid dienone is 2. The average molecular weight is 189 g/mol. The highest BCUT2D eigenvalue weighted by Gasteiger charge is 1.94.